The fraction of sp³-hybridized carbons (Fsp3) is 1.00. The van der Waals surface area contributed by atoms with Crippen molar-refractivity contribution in [2.24, 2.45) is 0 Å². The van der Waals surface area contributed by atoms with Crippen molar-refractivity contribution in [2.45, 2.75) is 57.5 Å². The van der Waals surface area contributed by atoms with Crippen molar-refractivity contribution >= 4 is 22.6 Å². The second-order valence-electron chi connectivity index (χ2n) is 5.59. The van der Waals surface area contributed by atoms with Crippen molar-refractivity contribution in [3.05, 3.63) is 0 Å². The molecule has 0 aromatic carbocycles. The van der Waals surface area contributed by atoms with E-state index in [1.165, 1.54) is 0 Å². The van der Waals surface area contributed by atoms with Crippen LogP contribution in [0.1, 0.15) is 0 Å². The number of hydrogen-bond donors (Lipinski definition) is 0. The van der Waals surface area contributed by atoms with Gasteiger partial charge >= 0.3 is 57.5 Å². The van der Waals surface area contributed by atoms with Gasteiger partial charge in [-0.25, -0.2) is 4.39 Å². The molecule has 0 aliphatic rings. The van der Waals surface area contributed by atoms with Crippen LogP contribution in [0.2, 0.25) is 0 Å². The van der Waals surface area contributed by atoms with Crippen molar-refractivity contribution in [1.82, 2.24) is 0 Å². The van der Waals surface area contributed by atoms with Gasteiger partial charge in [0.05, 0.1) is 0 Å². The molecular weight excluding hydrogens is 646 g/mol. The van der Waals surface area contributed by atoms with E-state index in [1.807, 2.05) is 0 Å². The van der Waals surface area contributed by atoms with E-state index < -0.39 is 80.1 Å². The second-order valence-corrected chi connectivity index (χ2v) is 7.08. The Morgan fingerprint density at radius 1 is 0.250 bits per heavy atom. The largest absolute Gasteiger partial charge is 0.460 e. The molecule has 0 fully saturated rings. The molecule has 0 aliphatic carbocycles. The lowest BCUT2D eigenvalue weighted by Crippen LogP contribution is -2.76. The van der Waals surface area contributed by atoms with Gasteiger partial charge in [0.1, 0.15) is 0 Å². The van der Waals surface area contributed by atoms with E-state index in [9.17, 15) is 92.2 Å². The Morgan fingerprint density at radius 3 is 0.656 bits per heavy atom. The zero-order valence-corrected chi connectivity index (χ0v) is 15.5. The molecule has 0 radical (unpaired) electrons. The normalized spacial score (nSPS) is 18.6. The Labute approximate surface area is 173 Å². The molecule has 0 bridgehead atoms. The fourth-order valence-corrected chi connectivity index (χ4v) is 2.18. The topological polar surface area (TPSA) is 0 Å². The number of rotatable bonds is 7. The maximum absolute atomic E-state index is 13.5. The molecule has 0 rings (SSSR count). The fourth-order valence-electron chi connectivity index (χ4n) is 1.54. The third-order valence-corrected chi connectivity index (χ3v) is 4.83. The van der Waals surface area contributed by atoms with Gasteiger partial charge in [0.2, 0.25) is 0 Å². The van der Waals surface area contributed by atoms with E-state index in [-0.39, 0.29) is 0 Å². The molecular formula is C10F21I. The Bertz CT molecular complexity index is 632. The molecule has 0 aromatic heterocycles. The van der Waals surface area contributed by atoms with Gasteiger partial charge in [-0.2, -0.15) is 87.8 Å². The third kappa shape index (κ3) is 3.63. The SMILES string of the molecule is FC(F)(F)C(F)(F)C(F)(F)C(F)(F)C(F)(F)C(F)(F)C(F)(F)C(F)(I)C(F)(F)C(F)(F)F. The van der Waals surface area contributed by atoms with Gasteiger partial charge in [-0.3, -0.25) is 0 Å². The van der Waals surface area contributed by atoms with E-state index in [0.717, 1.165) is 0 Å². The maximum Gasteiger partial charge on any atom is 0.460 e. The first-order chi connectivity index (χ1) is 13.2. The van der Waals surface area contributed by atoms with Crippen LogP contribution in [0.25, 0.3) is 0 Å². The van der Waals surface area contributed by atoms with Gasteiger partial charge in [0.15, 0.2) is 0 Å². The van der Waals surface area contributed by atoms with E-state index in [0.29, 0.717) is 0 Å². The molecule has 0 aromatic rings. The minimum Gasteiger partial charge on any atom is -0.218 e. The van der Waals surface area contributed by atoms with Crippen LogP contribution in [0.15, 0.2) is 0 Å². The molecule has 194 valence electrons. The highest BCUT2D eigenvalue weighted by Crippen LogP contribution is 2.67. The average molecular weight is 646 g/mol. The highest BCUT2D eigenvalue weighted by atomic mass is 127. The lowest BCUT2D eigenvalue weighted by Gasteiger charge is -2.44. The van der Waals surface area contributed by atoms with Crippen LogP contribution >= 0.6 is 22.6 Å². The summed E-state index contributed by atoms with van der Waals surface area (Å²) in [6, 6.07) is 0. The molecule has 1 unspecified atom stereocenters. The smallest absolute Gasteiger partial charge is 0.218 e. The zero-order valence-electron chi connectivity index (χ0n) is 13.3. The predicted octanol–water partition coefficient (Wildman–Crippen LogP) is 7.66. The summed E-state index contributed by atoms with van der Waals surface area (Å²) in [6.07, 6.45) is -15.6. The molecule has 1 atom stereocenters. The molecule has 22 heteroatoms. The molecule has 0 spiro atoms. The maximum atomic E-state index is 13.5. The number of halogens is 22. The van der Waals surface area contributed by atoms with Gasteiger partial charge in [0, 0.05) is 0 Å². The minimum absolute atomic E-state index is 1.63. The van der Waals surface area contributed by atoms with Crippen molar-refractivity contribution in [2.75, 3.05) is 0 Å². The number of alkyl halides is 22. The van der Waals surface area contributed by atoms with Crippen molar-refractivity contribution in [1.29, 1.82) is 0 Å². The summed E-state index contributed by atoms with van der Waals surface area (Å²) < 4.78 is 260. The molecule has 0 heterocycles. The summed E-state index contributed by atoms with van der Waals surface area (Å²) in [7, 11) is 0. The van der Waals surface area contributed by atoms with Gasteiger partial charge < -0.3 is 0 Å². The van der Waals surface area contributed by atoms with Crippen LogP contribution < -0.4 is 0 Å². The molecule has 0 nitrogen and oxygen atoms in total. The Hall–Kier alpha value is -0.740. The monoisotopic (exact) mass is 646 g/mol. The van der Waals surface area contributed by atoms with Gasteiger partial charge in [-0.15, -0.1) is 0 Å². The van der Waals surface area contributed by atoms with Crippen molar-refractivity contribution < 1.29 is 92.2 Å². The van der Waals surface area contributed by atoms with Crippen molar-refractivity contribution in [3.8, 4) is 0 Å². The summed E-state index contributed by atoms with van der Waals surface area (Å²) >= 11 is -1.63. The number of hydrogen-bond acceptors (Lipinski definition) is 0. The van der Waals surface area contributed by atoms with E-state index in [2.05, 4.69) is 0 Å². The Balaban J connectivity index is 7.00. The molecule has 0 N–H and O–H groups in total. The quantitative estimate of drug-likeness (QED) is 0.152. The van der Waals surface area contributed by atoms with Crippen LogP contribution in [0.4, 0.5) is 92.2 Å². The van der Waals surface area contributed by atoms with Crippen molar-refractivity contribution in [3.63, 3.8) is 0 Å². The first-order valence-corrected chi connectivity index (χ1v) is 7.49. The summed E-state index contributed by atoms with van der Waals surface area (Å²) in [5, 5.41) is 0. The predicted molar refractivity (Wildman–Crippen MR) is 64.6 cm³/mol. The summed E-state index contributed by atoms with van der Waals surface area (Å²) in [5.41, 5.74) is 0. The van der Waals surface area contributed by atoms with E-state index in [4.69, 9.17) is 0 Å². The lowest BCUT2D eigenvalue weighted by molar-refractivity contribution is -0.460. The summed E-state index contributed by atoms with van der Waals surface area (Å²) in [6.45, 7) is 0. The van der Waals surface area contributed by atoms with Crippen LogP contribution in [-0.4, -0.2) is 57.5 Å². The van der Waals surface area contributed by atoms with E-state index >= 15 is 0 Å². The van der Waals surface area contributed by atoms with Crippen LogP contribution in [0.5, 0.6) is 0 Å². The standard InChI is InChI=1S/C10F21I/c11-1(12,2(13,14)4(17,18)6(21,22)9(26,27)28)3(15,16)5(19,20)8(25,32)7(23,24)10(29,30)31. The first kappa shape index (κ1) is 31.3. The Morgan fingerprint density at radius 2 is 0.438 bits per heavy atom. The van der Waals surface area contributed by atoms with Gasteiger partial charge in [-0.05, 0) is 22.6 Å². The zero-order chi connectivity index (χ0) is 27.0. The minimum atomic E-state index is -9.01. The van der Waals surface area contributed by atoms with Crippen LogP contribution in [-0.2, 0) is 0 Å². The summed E-state index contributed by atoms with van der Waals surface area (Å²) in [4.78, 5) is 0. The third-order valence-electron chi connectivity index (χ3n) is 3.47. The Kier molecular flexibility index (Phi) is 7.21. The highest BCUT2D eigenvalue weighted by molar-refractivity contribution is 14.1. The van der Waals surface area contributed by atoms with Crippen LogP contribution in [0.3, 0.4) is 0 Å². The molecule has 0 amide bonds. The molecule has 0 saturated carbocycles. The molecule has 0 saturated heterocycles. The highest BCUT2D eigenvalue weighted by Gasteiger charge is 2.97. The summed E-state index contributed by atoms with van der Waals surface area (Å²) in [5.74, 6) is -60.3. The van der Waals surface area contributed by atoms with E-state index in [1.54, 1.807) is 0 Å². The van der Waals surface area contributed by atoms with Crippen LogP contribution in [0, 0.1) is 0 Å². The molecule has 0 aliphatic heterocycles. The lowest BCUT2D eigenvalue weighted by atomic mass is 9.88. The van der Waals surface area contributed by atoms with Gasteiger partial charge in [0.25, 0.3) is 0 Å². The first-order valence-electron chi connectivity index (χ1n) is 6.41. The molecule has 32 heavy (non-hydrogen) atoms. The second kappa shape index (κ2) is 7.38. The van der Waals surface area contributed by atoms with Gasteiger partial charge in [-0.1, -0.05) is 0 Å². The average Bonchev–Trinajstić information content (AvgIpc) is 2.51.